The van der Waals surface area contributed by atoms with Gasteiger partial charge in [0.15, 0.2) is 11.5 Å². The molecular formula is C20H25BrN4O4. The van der Waals surface area contributed by atoms with E-state index in [1.807, 2.05) is 19.1 Å². The van der Waals surface area contributed by atoms with Crippen molar-refractivity contribution in [3.63, 3.8) is 0 Å². The highest BCUT2D eigenvalue weighted by Crippen LogP contribution is 2.43. The molecule has 0 aliphatic carbocycles. The number of aromatic nitrogens is 3. The molecule has 0 radical (unpaired) electrons. The maximum atomic E-state index is 13.0. The standard InChI is InChI=1S/C20H25BrN4O4/c1-5-8-14-16(19(26)29-7-3)17(25-20(24-14)22-11-23-25)12-9-13(21)18(28-6-2)15(10-12)27-4/h9-11,17H,5-8H2,1-4H3,(H,22,23,24). The predicted octanol–water partition coefficient (Wildman–Crippen LogP) is 4.08. The number of hydrogen-bond donors (Lipinski definition) is 1. The molecular weight excluding hydrogens is 440 g/mol. The van der Waals surface area contributed by atoms with Gasteiger partial charge in [-0.2, -0.15) is 10.1 Å². The summed E-state index contributed by atoms with van der Waals surface area (Å²) in [5.41, 5.74) is 2.12. The van der Waals surface area contributed by atoms with E-state index in [1.165, 1.54) is 6.33 Å². The van der Waals surface area contributed by atoms with Crippen molar-refractivity contribution in [2.75, 3.05) is 25.6 Å². The van der Waals surface area contributed by atoms with Crippen LogP contribution in [0.25, 0.3) is 0 Å². The Balaban J connectivity index is 2.21. The monoisotopic (exact) mass is 464 g/mol. The number of carbonyl (C=O) groups is 1. The van der Waals surface area contributed by atoms with Crippen LogP contribution in [-0.4, -0.2) is 41.1 Å². The molecule has 8 nitrogen and oxygen atoms in total. The summed E-state index contributed by atoms with van der Waals surface area (Å²) in [4.78, 5) is 17.3. The van der Waals surface area contributed by atoms with E-state index in [0.717, 1.165) is 22.2 Å². The van der Waals surface area contributed by atoms with Crippen molar-refractivity contribution in [3.8, 4) is 11.5 Å². The molecule has 1 aliphatic rings. The predicted molar refractivity (Wildman–Crippen MR) is 112 cm³/mol. The molecule has 2 heterocycles. The summed E-state index contributed by atoms with van der Waals surface area (Å²) in [6.07, 6.45) is 3.02. The quantitative estimate of drug-likeness (QED) is 0.588. The van der Waals surface area contributed by atoms with E-state index in [-0.39, 0.29) is 12.6 Å². The number of anilines is 1. The van der Waals surface area contributed by atoms with E-state index in [1.54, 1.807) is 18.7 Å². The molecule has 9 heteroatoms. The normalized spacial score (nSPS) is 15.6. The number of esters is 1. The van der Waals surface area contributed by atoms with Gasteiger partial charge in [-0.25, -0.2) is 9.48 Å². The third-order valence-electron chi connectivity index (χ3n) is 4.53. The van der Waals surface area contributed by atoms with Gasteiger partial charge in [0.1, 0.15) is 12.4 Å². The summed E-state index contributed by atoms with van der Waals surface area (Å²) in [6.45, 7) is 6.55. The fraction of sp³-hybridized carbons (Fsp3) is 0.450. The second-order valence-corrected chi connectivity index (χ2v) is 7.24. The number of ether oxygens (including phenoxy) is 3. The van der Waals surface area contributed by atoms with Gasteiger partial charge in [-0.15, -0.1) is 0 Å². The summed E-state index contributed by atoms with van der Waals surface area (Å²) in [5.74, 6) is 1.38. The van der Waals surface area contributed by atoms with Crippen LogP contribution in [0.15, 0.2) is 34.2 Å². The SMILES string of the molecule is CCCC1=C(C(=O)OCC)C(c2cc(Br)c(OCC)c(OC)c2)n2ncnc2N1. The minimum Gasteiger partial charge on any atom is -0.493 e. The molecule has 0 bridgehead atoms. The Morgan fingerprint density at radius 3 is 2.72 bits per heavy atom. The van der Waals surface area contributed by atoms with E-state index in [9.17, 15) is 4.79 Å². The highest BCUT2D eigenvalue weighted by Gasteiger charge is 2.36. The number of allylic oxidation sites excluding steroid dienone is 1. The van der Waals surface area contributed by atoms with Crippen LogP contribution in [0.4, 0.5) is 5.95 Å². The molecule has 2 aromatic rings. The Kier molecular flexibility index (Phi) is 6.79. The minimum atomic E-state index is -0.504. The summed E-state index contributed by atoms with van der Waals surface area (Å²) in [6, 6.07) is 3.27. The molecule has 1 aromatic heterocycles. The van der Waals surface area contributed by atoms with Crippen molar-refractivity contribution >= 4 is 27.8 Å². The summed E-state index contributed by atoms with van der Waals surface area (Å²) < 4.78 is 19.1. The van der Waals surface area contributed by atoms with Crippen LogP contribution in [0.5, 0.6) is 11.5 Å². The highest BCUT2D eigenvalue weighted by atomic mass is 79.9. The zero-order valence-electron chi connectivity index (χ0n) is 17.0. The molecule has 0 fully saturated rings. The molecule has 156 valence electrons. The Labute approximate surface area is 178 Å². The van der Waals surface area contributed by atoms with E-state index < -0.39 is 6.04 Å². The first-order valence-electron chi connectivity index (χ1n) is 9.62. The highest BCUT2D eigenvalue weighted by molar-refractivity contribution is 9.10. The van der Waals surface area contributed by atoms with Crippen molar-refractivity contribution in [1.82, 2.24) is 14.8 Å². The van der Waals surface area contributed by atoms with Gasteiger partial charge in [0.2, 0.25) is 5.95 Å². The van der Waals surface area contributed by atoms with Crippen LogP contribution in [0, 0.1) is 0 Å². The number of nitrogens with zero attached hydrogens (tertiary/aromatic N) is 3. The van der Waals surface area contributed by atoms with Crippen molar-refractivity contribution < 1.29 is 19.0 Å². The molecule has 3 rings (SSSR count). The first kappa shape index (κ1) is 21.2. The molecule has 29 heavy (non-hydrogen) atoms. The maximum absolute atomic E-state index is 13.0. The number of carbonyl (C=O) groups excluding carboxylic acids is 1. The van der Waals surface area contributed by atoms with Crippen LogP contribution < -0.4 is 14.8 Å². The Morgan fingerprint density at radius 1 is 1.28 bits per heavy atom. The van der Waals surface area contributed by atoms with Crippen LogP contribution in [0.3, 0.4) is 0 Å². The van der Waals surface area contributed by atoms with Crippen LogP contribution >= 0.6 is 15.9 Å². The lowest BCUT2D eigenvalue weighted by Gasteiger charge is -2.30. The fourth-order valence-corrected chi connectivity index (χ4v) is 3.97. The number of hydrogen-bond acceptors (Lipinski definition) is 7. The van der Waals surface area contributed by atoms with E-state index in [2.05, 4.69) is 38.3 Å². The second kappa shape index (κ2) is 9.30. The molecule has 1 unspecified atom stereocenters. The maximum Gasteiger partial charge on any atom is 0.338 e. The molecule has 1 aliphatic heterocycles. The van der Waals surface area contributed by atoms with Crippen molar-refractivity contribution in [3.05, 3.63) is 39.8 Å². The van der Waals surface area contributed by atoms with Gasteiger partial charge in [-0.05, 0) is 53.9 Å². The summed E-state index contributed by atoms with van der Waals surface area (Å²) in [5, 5.41) is 7.60. The molecule has 1 aromatic carbocycles. The van der Waals surface area contributed by atoms with Crippen LogP contribution in [0.2, 0.25) is 0 Å². The molecule has 1 atom stereocenters. The summed E-state index contributed by atoms with van der Waals surface area (Å²) >= 11 is 3.57. The lowest BCUT2D eigenvalue weighted by Crippen LogP contribution is -2.30. The van der Waals surface area contributed by atoms with Gasteiger partial charge < -0.3 is 19.5 Å². The van der Waals surface area contributed by atoms with Crippen LogP contribution in [0.1, 0.15) is 45.2 Å². The first-order valence-corrected chi connectivity index (χ1v) is 10.4. The lowest BCUT2D eigenvalue weighted by atomic mass is 9.93. The molecule has 1 N–H and O–H groups in total. The van der Waals surface area contributed by atoms with Crippen molar-refractivity contribution in [2.24, 2.45) is 0 Å². The average Bonchev–Trinajstić information content (AvgIpc) is 3.17. The Morgan fingerprint density at radius 2 is 2.07 bits per heavy atom. The average molecular weight is 465 g/mol. The third kappa shape index (κ3) is 4.10. The topological polar surface area (TPSA) is 87.5 Å². The molecule has 0 amide bonds. The summed E-state index contributed by atoms with van der Waals surface area (Å²) in [7, 11) is 1.59. The Hall–Kier alpha value is -2.55. The largest absolute Gasteiger partial charge is 0.493 e. The lowest BCUT2D eigenvalue weighted by molar-refractivity contribution is -0.139. The van der Waals surface area contributed by atoms with Gasteiger partial charge >= 0.3 is 5.97 Å². The zero-order valence-corrected chi connectivity index (χ0v) is 18.6. The smallest absolute Gasteiger partial charge is 0.338 e. The van der Waals surface area contributed by atoms with Gasteiger partial charge in [-0.1, -0.05) is 13.3 Å². The van der Waals surface area contributed by atoms with E-state index in [4.69, 9.17) is 14.2 Å². The first-order chi connectivity index (χ1) is 14.0. The van der Waals surface area contributed by atoms with Gasteiger partial charge in [-0.3, -0.25) is 0 Å². The number of fused-ring (bicyclic) bond motifs is 1. The number of nitrogens with one attached hydrogen (secondary N) is 1. The van der Waals surface area contributed by atoms with Crippen molar-refractivity contribution in [1.29, 1.82) is 0 Å². The van der Waals surface area contributed by atoms with Gasteiger partial charge in [0, 0.05) is 5.70 Å². The number of benzene rings is 1. The fourth-order valence-electron chi connectivity index (χ4n) is 3.40. The number of methoxy groups -OCH3 is 1. The van der Waals surface area contributed by atoms with E-state index >= 15 is 0 Å². The van der Waals surface area contributed by atoms with Crippen molar-refractivity contribution in [2.45, 2.75) is 39.7 Å². The molecule has 0 saturated carbocycles. The Bertz CT molecular complexity index is 925. The van der Waals surface area contributed by atoms with Gasteiger partial charge in [0.05, 0.1) is 30.4 Å². The number of halogens is 1. The van der Waals surface area contributed by atoms with Gasteiger partial charge in [0.25, 0.3) is 0 Å². The molecule has 0 spiro atoms. The zero-order chi connectivity index (χ0) is 21.0. The second-order valence-electron chi connectivity index (χ2n) is 6.39. The third-order valence-corrected chi connectivity index (χ3v) is 5.12. The minimum absolute atomic E-state index is 0.287. The van der Waals surface area contributed by atoms with E-state index in [0.29, 0.717) is 36.0 Å². The van der Waals surface area contributed by atoms with Crippen LogP contribution in [-0.2, 0) is 9.53 Å². The number of rotatable bonds is 8. The molecule has 0 saturated heterocycles.